The third kappa shape index (κ3) is 3.66. The molecule has 0 saturated heterocycles. The number of nitrogens with zero attached hydrogens (tertiary/aromatic N) is 3. The highest BCUT2D eigenvalue weighted by molar-refractivity contribution is 5.94. The summed E-state index contributed by atoms with van der Waals surface area (Å²) in [5, 5.41) is 9.27. The maximum Gasteiger partial charge on any atom is 0.274 e. The molecule has 0 atom stereocenters. The van der Waals surface area contributed by atoms with Crippen LogP contribution in [0.15, 0.2) is 43.0 Å². The van der Waals surface area contributed by atoms with Gasteiger partial charge in [-0.05, 0) is 19.3 Å². The predicted octanol–water partition coefficient (Wildman–Crippen LogP) is 2.90. The molecule has 0 fully saturated rings. The van der Waals surface area contributed by atoms with Crippen LogP contribution in [0.1, 0.15) is 35.4 Å². The standard InChI is InChI=1S/C20H25N3O2/c1-2-12-22(14-15-24)20(25)18-17-11-7-4-8-13-23(17)19(21-18)16-9-5-3-6-10-16/h2-3,5-6,9-10,24H,1,4,7-8,11-15H2. The van der Waals surface area contributed by atoms with Crippen LogP contribution in [-0.2, 0) is 13.0 Å². The first-order chi connectivity index (χ1) is 12.3. The molecule has 0 unspecified atom stereocenters. The lowest BCUT2D eigenvalue weighted by Gasteiger charge is -2.19. The quantitative estimate of drug-likeness (QED) is 0.823. The Labute approximate surface area is 148 Å². The average Bonchev–Trinajstić information content (AvgIpc) is 2.83. The van der Waals surface area contributed by atoms with E-state index >= 15 is 0 Å². The maximum absolute atomic E-state index is 13.0. The SMILES string of the molecule is C=CCN(CCO)C(=O)c1nc(-c2ccccc2)n2c1CCCCC2. The van der Waals surface area contributed by atoms with E-state index in [2.05, 4.69) is 11.1 Å². The topological polar surface area (TPSA) is 58.4 Å². The van der Waals surface area contributed by atoms with Crippen molar-refractivity contribution >= 4 is 5.91 Å². The predicted molar refractivity (Wildman–Crippen MR) is 98.4 cm³/mol. The van der Waals surface area contributed by atoms with Crippen LogP contribution in [0.25, 0.3) is 11.4 Å². The minimum absolute atomic E-state index is 0.0683. The molecule has 1 N–H and O–H groups in total. The van der Waals surface area contributed by atoms with Crippen molar-refractivity contribution in [3.05, 3.63) is 54.4 Å². The van der Waals surface area contributed by atoms with Gasteiger partial charge < -0.3 is 14.6 Å². The van der Waals surface area contributed by atoms with Crippen molar-refractivity contribution in [2.24, 2.45) is 0 Å². The summed E-state index contributed by atoms with van der Waals surface area (Å²) in [6, 6.07) is 10.0. The average molecular weight is 339 g/mol. The molecule has 0 aliphatic carbocycles. The normalized spacial score (nSPS) is 13.8. The van der Waals surface area contributed by atoms with Gasteiger partial charge in [-0.15, -0.1) is 6.58 Å². The highest BCUT2D eigenvalue weighted by Gasteiger charge is 2.26. The van der Waals surface area contributed by atoms with Crippen molar-refractivity contribution in [1.29, 1.82) is 0 Å². The molecule has 0 radical (unpaired) electrons. The van der Waals surface area contributed by atoms with E-state index in [4.69, 9.17) is 4.98 Å². The van der Waals surface area contributed by atoms with E-state index in [1.807, 2.05) is 30.3 Å². The number of aliphatic hydroxyl groups is 1. The highest BCUT2D eigenvalue weighted by atomic mass is 16.3. The second-order valence-corrected chi connectivity index (χ2v) is 6.32. The lowest BCUT2D eigenvalue weighted by Crippen LogP contribution is -2.34. The number of fused-ring (bicyclic) bond motifs is 1. The van der Waals surface area contributed by atoms with Gasteiger partial charge >= 0.3 is 0 Å². The number of aromatic nitrogens is 2. The molecule has 0 saturated carbocycles. The second-order valence-electron chi connectivity index (χ2n) is 6.32. The third-order valence-electron chi connectivity index (χ3n) is 4.61. The van der Waals surface area contributed by atoms with Crippen LogP contribution in [0.2, 0.25) is 0 Å². The fourth-order valence-corrected chi connectivity index (χ4v) is 3.40. The van der Waals surface area contributed by atoms with E-state index in [1.54, 1.807) is 11.0 Å². The van der Waals surface area contributed by atoms with Gasteiger partial charge in [0.05, 0.1) is 12.3 Å². The summed E-state index contributed by atoms with van der Waals surface area (Å²) < 4.78 is 2.21. The molecular formula is C20H25N3O2. The van der Waals surface area contributed by atoms with Crippen molar-refractivity contribution in [2.75, 3.05) is 19.7 Å². The molecule has 25 heavy (non-hydrogen) atoms. The Morgan fingerprint density at radius 2 is 2.08 bits per heavy atom. The van der Waals surface area contributed by atoms with Gasteiger partial charge in [0.25, 0.3) is 5.91 Å². The lowest BCUT2D eigenvalue weighted by atomic mass is 10.1. The number of benzene rings is 1. The molecule has 1 amide bonds. The van der Waals surface area contributed by atoms with Crippen molar-refractivity contribution in [3.63, 3.8) is 0 Å². The molecule has 0 bridgehead atoms. The van der Waals surface area contributed by atoms with Crippen LogP contribution in [-0.4, -0.2) is 45.2 Å². The van der Waals surface area contributed by atoms with Crippen LogP contribution >= 0.6 is 0 Å². The molecule has 1 aromatic heterocycles. The lowest BCUT2D eigenvalue weighted by molar-refractivity contribution is 0.0736. The van der Waals surface area contributed by atoms with Gasteiger partial charge in [0, 0.05) is 25.2 Å². The smallest absolute Gasteiger partial charge is 0.274 e. The van der Waals surface area contributed by atoms with Crippen LogP contribution in [0.5, 0.6) is 0 Å². The number of hydrogen-bond acceptors (Lipinski definition) is 3. The molecular weight excluding hydrogens is 314 g/mol. The molecule has 3 rings (SSSR count). The first-order valence-corrected chi connectivity index (χ1v) is 8.92. The zero-order valence-electron chi connectivity index (χ0n) is 14.5. The van der Waals surface area contributed by atoms with Crippen molar-refractivity contribution < 1.29 is 9.90 Å². The number of amides is 1. The Hall–Kier alpha value is -2.40. The van der Waals surface area contributed by atoms with Gasteiger partial charge in [0.1, 0.15) is 11.5 Å². The van der Waals surface area contributed by atoms with Crippen molar-refractivity contribution in [2.45, 2.75) is 32.2 Å². The van der Waals surface area contributed by atoms with Gasteiger partial charge in [-0.25, -0.2) is 4.98 Å². The summed E-state index contributed by atoms with van der Waals surface area (Å²) in [6.07, 6.45) is 5.88. The van der Waals surface area contributed by atoms with Gasteiger partial charge in [0.2, 0.25) is 0 Å². The second kappa shape index (κ2) is 8.12. The summed E-state index contributed by atoms with van der Waals surface area (Å²) in [4.78, 5) is 19.4. The Kier molecular flexibility index (Phi) is 5.66. The molecule has 1 aliphatic heterocycles. The van der Waals surface area contributed by atoms with E-state index in [-0.39, 0.29) is 19.1 Å². The molecule has 132 valence electrons. The Morgan fingerprint density at radius 3 is 2.80 bits per heavy atom. The minimum Gasteiger partial charge on any atom is -0.395 e. The van der Waals surface area contributed by atoms with Gasteiger partial charge in [-0.3, -0.25) is 4.79 Å². The van der Waals surface area contributed by atoms with E-state index in [1.165, 1.54) is 0 Å². The summed E-state index contributed by atoms with van der Waals surface area (Å²) in [7, 11) is 0. The van der Waals surface area contributed by atoms with Gasteiger partial charge in [-0.2, -0.15) is 0 Å². The molecule has 1 aromatic carbocycles. The fourth-order valence-electron chi connectivity index (χ4n) is 3.40. The maximum atomic E-state index is 13.0. The van der Waals surface area contributed by atoms with Crippen LogP contribution < -0.4 is 0 Å². The summed E-state index contributed by atoms with van der Waals surface area (Å²) in [6.45, 7) is 5.23. The Bertz CT molecular complexity index is 737. The van der Waals surface area contributed by atoms with Crippen molar-refractivity contribution in [1.82, 2.24) is 14.5 Å². The third-order valence-corrected chi connectivity index (χ3v) is 4.61. The van der Waals surface area contributed by atoms with Gasteiger partial charge in [0.15, 0.2) is 0 Å². The molecule has 5 heteroatoms. The minimum atomic E-state index is -0.123. The highest BCUT2D eigenvalue weighted by Crippen LogP contribution is 2.27. The summed E-state index contributed by atoms with van der Waals surface area (Å²) in [5.41, 5.74) is 2.58. The van der Waals surface area contributed by atoms with E-state index < -0.39 is 0 Å². The zero-order valence-corrected chi connectivity index (χ0v) is 14.5. The molecule has 2 heterocycles. The number of imidazole rings is 1. The summed E-state index contributed by atoms with van der Waals surface area (Å²) in [5.74, 6) is 0.741. The zero-order chi connectivity index (χ0) is 17.6. The monoisotopic (exact) mass is 339 g/mol. The Balaban J connectivity index is 2.06. The van der Waals surface area contributed by atoms with E-state index in [0.717, 1.165) is 49.3 Å². The molecule has 1 aliphatic rings. The Morgan fingerprint density at radius 1 is 1.28 bits per heavy atom. The number of carbonyl (C=O) groups is 1. The number of hydrogen-bond donors (Lipinski definition) is 1. The largest absolute Gasteiger partial charge is 0.395 e. The van der Waals surface area contributed by atoms with E-state index in [0.29, 0.717) is 12.2 Å². The van der Waals surface area contributed by atoms with E-state index in [9.17, 15) is 9.90 Å². The number of rotatable bonds is 6. The van der Waals surface area contributed by atoms with Crippen LogP contribution in [0.4, 0.5) is 0 Å². The molecule has 0 spiro atoms. The van der Waals surface area contributed by atoms with Crippen molar-refractivity contribution in [3.8, 4) is 11.4 Å². The fraction of sp³-hybridized carbons (Fsp3) is 0.400. The van der Waals surface area contributed by atoms with Crippen LogP contribution in [0, 0.1) is 0 Å². The first kappa shape index (κ1) is 17.4. The molecule has 5 nitrogen and oxygen atoms in total. The summed E-state index contributed by atoms with van der Waals surface area (Å²) >= 11 is 0. The number of carbonyl (C=O) groups excluding carboxylic acids is 1. The van der Waals surface area contributed by atoms with Crippen LogP contribution in [0.3, 0.4) is 0 Å². The van der Waals surface area contributed by atoms with Gasteiger partial charge in [-0.1, -0.05) is 42.8 Å². The first-order valence-electron chi connectivity index (χ1n) is 8.92. The number of aliphatic hydroxyl groups excluding tert-OH is 1. The molecule has 2 aromatic rings.